The maximum Gasteiger partial charge on any atom is 0.241 e. The van der Waals surface area contributed by atoms with Gasteiger partial charge in [-0.15, -0.1) is 0 Å². The van der Waals surface area contributed by atoms with Crippen LogP contribution in [0.5, 0.6) is 0 Å². The van der Waals surface area contributed by atoms with Crippen molar-refractivity contribution in [1.82, 2.24) is 15.1 Å². The maximum atomic E-state index is 12.6. The Kier molecular flexibility index (Phi) is 5.85. The SMILES string of the molecule is CCCC1NC(CCC)N(CC2CCN(C)CC2)C1=O. The summed E-state index contributed by atoms with van der Waals surface area (Å²) in [5, 5.41) is 3.56. The van der Waals surface area contributed by atoms with Crippen LogP contribution in [-0.2, 0) is 4.79 Å². The van der Waals surface area contributed by atoms with Crippen molar-refractivity contribution in [2.75, 3.05) is 26.7 Å². The van der Waals surface area contributed by atoms with Crippen LogP contribution in [0.3, 0.4) is 0 Å². The highest BCUT2D eigenvalue weighted by molar-refractivity contribution is 5.84. The second kappa shape index (κ2) is 7.41. The van der Waals surface area contributed by atoms with Crippen molar-refractivity contribution in [3.8, 4) is 0 Å². The van der Waals surface area contributed by atoms with Gasteiger partial charge in [-0.1, -0.05) is 26.7 Å². The maximum absolute atomic E-state index is 12.6. The lowest BCUT2D eigenvalue weighted by Gasteiger charge is -2.33. The standard InChI is InChI=1S/C16H31N3O/c1-4-6-14-16(20)19(15(17-14)7-5-2)12-13-8-10-18(3)11-9-13/h13-15,17H,4-12H2,1-3H3. The molecule has 0 radical (unpaired) electrons. The Bertz CT molecular complexity index is 313. The number of likely N-dealkylation sites (tertiary alicyclic amines) is 1. The first-order chi connectivity index (χ1) is 9.65. The number of nitrogens with zero attached hydrogens (tertiary/aromatic N) is 2. The molecule has 2 saturated heterocycles. The molecule has 20 heavy (non-hydrogen) atoms. The van der Waals surface area contributed by atoms with Gasteiger partial charge in [-0.05, 0) is 51.7 Å². The van der Waals surface area contributed by atoms with Gasteiger partial charge in [0.25, 0.3) is 0 Å². The van der Waals surface area contributed by atoms with Gasteiger partial charge in [0.1, 0.15) is 0 Å². The Morgan fingerprint density at radius 1 is 1.15 bits per heavy atom. The minimum absolute atomic E-state index is 0.0721. The number of amides is 1. The highest BCUT2D eigenvalue weighted by Gasteiger charge is 2.38. The smallest absolute Gasteiger partial charge is 0.241 e. The topological polar surface area (TPSA) is 35.6 Å². The Morgan fingerprint density at radius 3 is 2.40 bits per heavy atom. The van der Waals surface area contributed by atoms with Crippen molar-refractivity contribution in [3.63, 3.8) is 0 Å². The summed E-state index contributed by atoms with van der Waals surface area (Å²) in [7, 11) is 2.19. The van der Waals surface area contributed by atoms with Crippen LogP contribution in [0.4, 0.5) is 0 Å². The minimum Gasteiger partial charge on any atom is -0.326 e. The first-order valence-electron chi connectivity index (χ1n) is 8.40. The Labute approximate surface area is 123 Å². The number of carbonyl (C=O) groups is 1. The van der Waals surface area contributed by atoms with E-state index >= 15 is 0 Å². The molecule has 0 saturated carbocycles. The molecule has 0 spiro atoms. The van der Waals surface area contributed by atoms with Gasteiger partial charge in [0, 0.05) is 6.54 Å². The van der Waals surface area contributed by atoms with Gasteiger partial charge < -0.3 is 9.80 Å². The number of hydrogen-bond acceptors (Lipinski definition) is 3. The van der Waals surface area contributed by atoms with E-state index in [1.54, 1.807) is 0 Å². The zero-order valence-electron chi connectivity index (χ0n) is 13.4. The van der Waals surface area contributed by atoms with Crippen LogP contribution in [0, 0.1) is 5.92 Å². The summed E-state index contributed by atoms with van der Waals surface area (Å²) in [4.78, 5) is 17.1. The molecule has 2 rings (SSSR count). The Hall–Kier alpha value is -0.610. The molecule has 2 atom stereocenters. The number of piperidine rings is 1. The first kappa shape index (κ1) is 15.8. The summed E-state index contributed by atoms with van der Waals surface area (Å²) >= 11 is 0. The highest BCUT2D eigenvalue weighted by atomic mass is 16.2. The van der Waals surface area contributed by atoms with E-state index in [-0.39, 0.29) is 12.2 Å². The van der Waals surface area contributed by atoms with Crippen LogP contribution < -0.4 is 5.32 Å². The number of hydrogen-bond donors (Lipinski definition) is 1. The zero-order chi connectivity index (χ0) is 14.5. The molecule has 2 heterocycles. The van der Waals surface area contributed by atoms with Crippen molar-refractivity contribution < 1.29 is 4.79 Å². The number of rotatable bonds is 6. The summed E-state index contributed by atoms with van der Waals surface area (Å²) in [6.45, 7) is 7.68. The molecule has 1 N–H and O–H groups in total. The molecule has 116 valence electrons. The average molecular weight is 281 g/mol. The van der Waals surface area contributed by atoms with Gasteiger partial charge in [0.05, 0.1) is 12.2 Å². The summed E-state index contributed by atoms with van der Waals surface area (Å²) in [5.74, 6) is 1.04. The van der Waals surface area contributed by atoms with Gasteiger partial charge in [-0.3, -0.25) is 10.1 Å². The molecule has 1 amide bonds. The lowest BCUT2D eigenvalue weighted by Crippen LogP contribution is -2.43. The molecule has 0 aromatic heterocycles. The van der Waals surface area contributed by atoms with E-state index in [2.05, 4.69) is 36.0 Å². The van der Waals surface area contributed by atoms with Crippen molar-refractivity contribution in [3.05, 3.63) is 0 Å². The molecule has 0 aromatic carbocycles. The van der Waals surface area contributed by atoms with Crippen molar-refractivity contribution >= 4 is 5.91 Å². The predicted octanol–water partition coefficient (Wildman–Crippen LogP) is 2.05. The first-order valence-corrected chi connectivity index (χ1v) is 8.40. The lowest BCUT2D eigenvalue weighted by atomic mass is 9.96. The van der Waals surface area contributed by atoms with Gasteiger partial charge in [-0.25, -0.2) is 0 Å². The molecule has 0 aromatic rings. The summed E-state index contributed by atoms with van der Waals surface area (Å²) in [6.07, 6.45) is 7.01. The van der Waals surface area contributed by atoms with E-state index < -0.39 is 0 Å². The fourth-order valence-electron chi connectivity index (χ4n) is 3.50. The molecule has 0 aliphatic carbocycles. The van der Waals surface area contributed by atoms with Gasteiger partial charge in [0.15, 0.2) is 0 Å². The summed E-state index contributed by atoms with van der Waals surface area (Å²) in [6, 6.07) is 0.0721. The van der Waals surface area contributed by atoms with Crippen LogP contribution in [0.1, 0.15) is 52.4 Å². The number of nitrogens with one attached hydrogen (secondary N) is 1. The molecule has 2 fully saturated rings. The van der Waals surface area contributed by atoms with Gasteiger partial charge >= 0.3 is 0 Å². The molecule has 2 unspecified atom stereocenters. The van der Waals surface area contributed by atoms with Crippen LogP contribution in [-0.4, -0.2) is 54.6 Å². The van der Waals surface area contributed by atoms with E-state index in [9.17, 15) is 4.79 Å². The number of carbonyl (C=O) groups excluding carboxylic acids is 1. The van der Waals surface area contributed by atoms with E-state index in [0.29, 0.717) is 11.8 Å². The molecular weight excluding hydrogens is 250 g/mol. The van der Waals surface area contributed by atoms with E-state index in [1.807, 2.05) is 0 Å². The minimum atomic E-state index is 0.0721. The molecule has 4 nitrogen and oxygen atoms in total. The third-order valence-electron chi connectivity index (χ3n) is 4.78. The van der Waals surface area contributed by atoms with E-state index in [4.69, 9.17) is 0 Å². The fourth-order valence-corrected chi connectivity index (χ4v) is 3.50. The molecule has 2 aliphatic rings. The Morgan fingerprint density at radius 2 is 1.80 bits per heavy atom. The lowest BCUT2D eigenvalue weighted by molar-refractivity contribution is -0.131. The second-order valence-electron chi connectivity index (χ2n) is 6.55. The van der Waals surface area contributed by atoms with Crippen LogP contribution in [0.2, 0.25) is 0 Å². The molecule has 4 heteroatoms. The second-order valence-corrected chi connectivity index (χ2v) is 6.55. The third kappa shape index (κ3) is 3.73. The third-order valence-corrected chi connectivity index (χ3v) is 4.78. The molecular formula is C16H31N3O. The van der Waals surface area contributed by atoms with Crippen molar-refractivity contribution in [2.24, 2.45) is 5.92 Å². The summed E-state index contributed by atoms with van der Waals surface area (Å²) < 4.78 is 0. The largest absolute Gasteiger partial charge is 0.326 e. The molecule has 2 aliphatic heterocycles. The van der Waals surface area contributed by atoms with Crippen LogP contribution in [0.25, 0.3) is 0 Å². The average Bonchev–Trinajstić information content (AvgIpc) is 2.71. The van der Waals surface area contributed by atoms with E-state index in [1.165, 1.54) is 25.9 Å². The normalized spacial score (nSPS) is 29.4. The van der Waals surface area contributed by atoms with Gasteiger partial charge in [0.2, 0.25) is 5.91 Å². The summed E-state index contributed by atoms with van der Waals surface area (Å²) in [5.41, 5.74) is 0. The predicted molar refractivity (Wildman–Crippen MR) is 82.5 cm³/mol. The van der Waals surface area contributed by atoms with Crippen LogP contribution in [0.15, 0.2) is 0 Å². The van der Waals surface area contributed by atoms with Gasteiger partial charge in [-0.2, -0.15) is 0 Å². The molecule has 0 bridgehead atoms. The zero-order valence-corrected chi connectivity index (χ0v) is 13.4. The highest BCUT2D eigenvalue weighted by Crippen LogP contribution is 2.23. The van der Waals surface area contributed by atoms with Crippen molar-refractivity contribution in [2.45, 2.75) is 64.6 Å². The quantitative estimate of drug-likeness (QED) is 0.809. The van der Waals surface area contributed by atoms with Crippen molar-refractivity contribution in [1.29, 1.82) is 0 Å². The van der Waals surface area contributed by atoms with Crippen LogP contribution >= 0.6 is 0 Å². The van der Waals surface area contributed by atoms with E-state index in [0.717, 1.165) is 32.2 Å². The monoisotopic (exact) mass is 281 g/mol. The Balaban J connectivity index is 1.93. The fraction of sp³-hybridized carbons (Fsp3) is 0.938.